The van der Waals surface area contributed by atoms with Crippen molar-refractivity contribution in [2.75, 3.05) is 33.0 Å². The highest BCUT2D eigenvalue weighted by atomic mass is 33.2. The molecule has 0 N–H and O–H groups in total. The predicted molar refractivity (Wildman–Crippen MR) is 412 cm³/mol. The second kappa shape index (κ2) is 35.8. The van der Waals surface area contributed by atoms with Gasteiger partial charge in [-0.15, -0.1) is 12.2 Å². The van der Waals surface area contributed by atoms with Crippen LogP contribution in [-0.2, 0) is 65.5 Å². The zero-order valence-corrected chi connectivity index (χ0v) is 70.8. The van der Waals surface area contributed by atoms with E-state index in [1.54, 1.807) is 0 Å². The molecule has 5 nitrogen and oxygen atoms in total. The SMILES string of the molecule is C=C(C)[C@@H]1CC[C@@]2(C)O[C@H]2C1.C=C(C)[C@@H]1CC[C@]2(C)S[P@](=S)(Sc3c(F)c(F)c(F)c(F)c3F)O[C@H]2C1.C=C(C)[C@@H]1CC[C@]2(C)S[P@](=S)(Sc3c(F)c(F)c(F)c(F)c3F)O[C@H]2C1.C=C(C)[C@@H]1CC[C@]2(C)S[P@](=S)(Sc3c(F)c(F)c(F)c(F)c3F)O[C@H]2C1.CCN(CC)CC.CP(C)(=S)S. The molecule has 101 heavy (non-hydrogen) atoms. The Labute approximate surface area is 635 Å². The molecule has 4 aliphatic heterocycles. The van der Waals surface area contributed by atoms with E-state index in [9.17, 15) is 65.9 Å². The van der Waals surface area contributed by atoms with Gasteiger partial charge in [0, 0.05) is 14.2 Å². The summed E-state index contributed by atoms with van der Waals surface area (Å²) in [5, 5.41) is -1.11. The van der Waals surface area contributed by atoms with Crippen molar-refractivity contribution in [3.05, 3.63) is 136 Å². The zero-order valence-electron chi connectivity index (χ0n) is 58.1. The summed E-state index contributed by atoms with van der Waals surface area (Å²) < 4.78 is 218. The Morgan fingerprint density at radius 1 is 0.436 bits per heavy atom. The van der Waals surface area contributed by atoms with Gasteiger partial charge in [0.25, 0.3) is 0 Å². The van der Waals surface area contributed by atoms with E-state index >= 15 is 0 Å². The quantitative estimate of drug-likeness (QED) is 0.0336. The maximum Gasteiger partial charge on any atom is 0.200 e. The van der Waals surface area contributed by atoms with Crippen molar-refractivity contribution in [3.8, 4) is 0 Å². The highest BCUT2D eigenvalue weighted by molar-refractivity contribution is 9.00. The number of thiol groups is 1. The molecule has 0 bridgehead atoms. The largest absolute Gasteiger partial charge is 0.366 e. The Kier molecular flexibility index (Phi) is 32.0. The van der Waals surface area contributed by atoms with Gasteiger partial charge in [0.1, 0.15) is 0 Å². The molecular formula is C66H86F15NO4P4S11. The van der Waals surface area contributed by atoms with Crippen LogP contribution in [0.3, 0.4) is 0 Å². The highest BCUT2D eigenvalue weighted by Gasteiger charge is 2.58. The van der Waals surface area contributed by atoms with Crippen molar-refractivity contribution >= 4 is 147 Å². The van der Waals surface area contributed by atoms with Gasteiger partial charge in [0.05, 0.1) is 44.7 Å². The highest BCUT2D eigenvalue weighted by Crippen LogP contribution is 2.85. The molecule has 35 heteroatoms. The molecule has 8 aliphatic rings. The maximum atomic E-state index is 14.0. The lowest BCUT2D eigenvalue weighted by Gasteiger charge is -2.37. The molecule has 3 aromatic carbocycles. The second-order valence-electron chi connectivity index (χ2n) is 27.4. The number of hydrogen-bond acceptors (Lipinski definition) is 15. The summed E-state index contributed by atoms with van der Waals surface area (Å²) in [5.41, 5.74) is 4.71. The van der Waals surface area contributed by atoms with E-state index in [1.165, 1.54) is 78.6 Å². The van der Waals surface area contributed by atoms with Gasteiger partial charge in [0.2, 0.25) is 17.5 Å². The molecule has 8 fully saturated rings. The molecule has 4 aliphatic carbocycles. The van der Waals surface area contributed by atoms with E-state index in [0.29, 0.717) is 59.5 Å². The van der Waals surface area contributed by atoms with Gasteiger partial charge in [-0.1, -0.05) is 115 Å². The molecule has 0 aromatic heterocycles. The van der Waals surface area contributed by atoms with Gasteiger partial charge >= 0.3 is 0 Å². The van der Waals surface area contributed by atoms with E-state index in [-0.39, 0.29) is 55.9 Å². The summed E-state index contributed by atoms with van der Waals surface area (Å²) in [7, 11) is 0. The van der Waals surface area contributed by atoms with Gasteiger partial charge in [0.15, 0.2) is 83.8 Å². The van der Waals surface area contributed by atoms with E-state index in [1.807, 2.05) is 54.9 Å². The first-order chi connectivity index (χ1) is 46.4. The van der Waals surface area contributed by atoms with Crippen LogP contribution in [0, 0.1) is 111 Å². The fourth-order valence-corrected chi connectivity index (χ4v) is 47.6. The monoisotopic (exact) mass is 1720 g/mol. The number of allylic oxidation sites excluding steroid dienone is 4. The lowest BCUT2D eigenvalue weighted by molar-refractivity contribution is 0.129. The van der Waals surface area contributed by atoms with Crippen LogP contribution in [0.15, 0.2) is 63.3 Å². The normalized spacial score (nSPS) is 32.8. The first-order valence-electron chi connectivity index (χ1n) is 32.3. The number of fused-ring (bicyclic) bond motifs is 4. The molecule has 4 saturated carbocycles. The lowest BCUT2D eigenvalue weighted by Crippen LogP contribution is -2.39. The molecule has 4 saturated heterocycles. The minimum atomic E-state index is -2.93. The lowest BCUT2D eigenvalue weighted by atomic mass is 9.77. The summed E-state index contributed by atoms with van der Waals surface area (Å²) >= 11 is 30.7. The van der Waals surface area contributed by atoms with Crippen LogP contribution in [-0.4, -0.2) is 82.1 Å². The Balaban J connectivity index is 0.000000206. The molecule has 0 spiro atoms. The minimum Gasteiger partial charge on any atom is -0.366 e. The number of epoxide rings is 1. The molecular weight excluding hydrogens is 1630 g/mol. The van der Waals surface area contributed by atoms with Crippen LogP contribution in [0.5, 0.6) is 0 Å². The van der Waals surface area contributed by atoms with Crippen LogP contribution in [0.2, 0.25) is 0 Å². The van der Waals surface area contributed by atoms with Gasteiger partial charge in [-0.25, -0.2) is 65.9 Å². The van der Waals surface area contributed by atoms with Crippen LogP contribution >= 0.6 is 99.8 Å². The van der Waals surface area contributed by atoms with Crippen molar-refractivity contribution < 1.29 is 84.2 Å². The predicted octanol–water partition coefficient (Wildman–Crippen LogP) is 26.3. The van der Waals surface area contributed by atoms with Crippen LogP contribution in [0.1, 0.15) is 153 Å². The number of halogens is 15. The van der Waals surface area contributed by atoms with Gasteiger partial charge in [-0.05, 0) is 264 Å². The van der Waals surface area contributed by atoms with Crippen molar-refractivity contribution in [2.45, 2.75) is 212 Å². The fraction of sp³-hybridized carbons (Fsp3) is 0.606. The summed E-state index contributed by atoms with van der Waals surface area (Å²) in [6.45, 7) is 46.1. The molecule has 11 rings (SSSR count). The third-order valence-electron chi connectivity index (χ3n) is 19.0. The van der Waals surface area contributed by atoms with Crippen molar-refractivity contribution in [3.63, 3.8) is 0 Å². The fourth-order valence-electron chi connectivity index (χ4n) is 12.4. The average molecular weight is 1720 g/mol. The first-order valence-corrected chi connectivity index (χ1v) is 53.8. The van der Waals surface area contributed by atoms with E-state index in [2.05, 4.69) is 78.1 Å². The topological polar surface area (TPSA) is 43.5 Å². The molecule has 4 heterocycles. The van der Waals surface area contributed by atoms with Gasteiger partial charge < -0.3 is 23.2 Å². The molecule has 15 atom stereocenters. The number of nitrogens with zero attached hydrogens (tertiary/aromatic N) is 1. The Morgan fingerprint density at radius 3 is 0.822 bits per heavy atom. The van der Waals surface area contributed by atoms with Crippen molar-refractivity contribution in [1.82, 2.24) is 4.90 Å². The molecule has 0 unspecified atom stereocenters. The molecule has 0 radical (unpaired) electrons. The Morgan fingerprint density at radius 2 is 0.634 bits per heavy atom. The van der Waals surface area contributed by atoms with E-state index in [4.69, 9.17) is 65.5 Å². The second-order valence-corrected chi connectivity index (χ2v) is 68.4. The zero-order chi connectivity index (χ0) is 76.6. The number of rotatable bonds is 13. The first kappa shape index (κ1) is 90.3. The number of hydrogen-bond donors (Lipinski definition) is 1. The summed E-state index contributed by atoms with van der Waals surface area (Å²) in [4.78, 5) is -0.511. The van der Waals surface area contributed by atoms with Crippen molar-refractivity contribution in [1.29, 1.82) is 0 Å². The van der Waals surface area contributed by atoms with E-state index < -0.39 is 121 Å². The summed E-state index contributed by atoms with van der Waals surface area (Å²) in [6, 6.07) is 0. The Bertz CT molecular complexity index is 3440. The third kappa shape index (κ3) is 22.2. The van der Waals surface area contributed by atoms with Gasteiger partial charge in [-0.3, -0.25) is 0 Å². The number of ether oxygens (including phenoxy) is 1. The van der Waals surface area contributed by atoms with Crippen LogP contribution in [0.4, 0.5) is 65.9 Å². The molecule has 0 amide bonds. The minimum absolute atomic E-state index is 0.234. The van der Waals surface area contributed by atoms with E-state index in [0.717, 1.165) is 61.2 Å². The standard InChI is InChI=1S/3C16H16F5OPS3.C10H16O.C6H15N.C2H7PS2/c3*1-7(2)8-4-5-16(3)9(6-8)22-23(24,26-16)25-15-13(20)11(18)10(17)12(19)14(15)21;1-7(2)8-4-5-10(3)9(6-8)11-10;1-4-7(5-2)6-3;1-3(2,4)5/h3*8-9H,1,4-6H2,2-3H3;8-9H,1,4-6H2,2-3H3;4-6H2,1-3H3;1-2H3,(H,4,5)/t3*8-,9+,16+,23-;8-,9+,10-;;/m1111../s1. The average Bonchev–Trinajstić information content (AvgIpc) is 1.61. The Hall–Kier alpha value is 0.420. The van der Waals surface area contributed by atoms with Crippen LogP contribution < -0.4 is 0 Å². The van der Waals surface area contributed by atoms with Crippen LogP contribution in [0.25, 0.3) is 0 Å². The summed E-state index contributed by atoms with van der Waals surface area (Å²) in [5.74, 6) is -28.0. The number of benzene rings is 3. The molecule has 3 aromatic rings. The maximum absolute atomic E-state index is 14.0. The smallest absolute Gasteiger partial charge is 0.200 e. The summed E-state index contributed by atoms with van der Waals surface area (Å²) in [6.07, 6.45) is 10.7. The van der Waals surface area contributed by atoms with Crippen molar-refractivity contribution in [2.24, 2.45) is 23.7 Å². The van der Waals surface area contributed by atoms with Gasteiger partial charge in [-0.2, -0.15) is 0 Å². The third-order valence-corrected chi connectivity index (χ3v) is 46.0. The molecule has 570 valence electrons.